The summed E-state index contributed by atoms with van der Waals surface area (Å²) in [5.74, 6) is 0.258. The van der Waals surface area contributed by atoms with Crippen molar-refractivity contribution in [3.63, 3.8) is 0 Å². The molecule has 1 aliphatic heterocycles. The number of benzene rings is 1. The topological polar surface area (TPSA) is 61.4 Å². The van der Waals surface area contributed by atoms with Crippen molar-refractivity contribution >= 4 is 29.0 Å². The number of likely N-dealkylation sites (N-methyl/N-ethyl adjacent to an activating group) is 1. The molecule has 1 fully saturated rings. The van der Waals surface area contributed by atoms with Crippen LogP contribution in [-0.2, 0) is 11.0 Å². The average molecular weight is 428 g/mol. The van der Waals surface area contributed by atoms with Gasteiger partial charge in [-0.15, -0.1) is 5.10 Å². The number of anilines is 2. The number of halogens is 4. The Balaban J connectivity index is 1.60. The molecule has 1 aliphatic rings. The number of hydrogen-bond acceptors (Lipinski definition) is 5. The molecule has 1 aromatic heterocycles. The fraction of sp³-hybridized carbons (Fsp3) is 0.421. The van der Waals surface area contributed by atoms with E-state index in [1.54, 1.807) is 18.1 Å². The molecule has 1 saturated heterocycles. The third-order valence-electron chi connectivity index (χ3n) is 4.73. The monoisotopic (exact) mass is 427 g/mol. The molecular formula is C19H21ClF3N5O. The molecule has 1 N–H and O–H groups in total. The third-order valence-corrected chi connectivity index (χ3v) is 4.96. The first-order valence-electron chi connectivity index (χ1n) is 9.13. The molecule has 29 heavy (non-hydrogen) atoms. The molecule has 2 aromatic rings. The molecule has 1 aromatic carbocycles. The van der Waals surface area contributed by atoms with Gasteiger partial charge in [-0.2, -0.15) is 18.3 Å². The minimum absolute atomic E-state index is 0.0370. The van der Waals surface area contributed by atoms with Gasteiger partial charge in [-0.05, 0) is 50.2 Å². The van der Waals surface area contributed by atoms with Crippen molar-refractivity contribution in [1.29, 1.82) is 0 Å². The smallest absolute Gasteiger partial charge is 0.351 e. The van der Waals surface area contributed by atoms with Crippen molar-refractivity contribution < 1.29 is 18.0 Å². The second-order valence-electron chi connectivity index (χ2n) is 7.00. The molecular weight excluding hydrogens is 407 g/mol. The van der Waals surface area contributed by atoms with Gasteiger partial charge in [-0.25, -0.2) is 0 Å². The first-order valence-corrected chi connectivity index (χ1v) is 9.51. The highest BCUT2D eigenvalue weighted by Crippen LogP contribution is 2.36. The van der Waals surface area contributed by atoms with E-state index in [4.69, 9.17) is 11.6 Å². The van der Waals surface area contributed by atoms with Gasteiger partial charge in [0.2, 0.25) is 5.91 Å². The molecule has 3 rings (SSSR count). The second kappa shape index (κ2) is 8.96. The lowest BCUT2D eigenvalue weighted by atomic mass is 10.1. The Kier molecular flexibility index (Phi) is 6.59. The van der Waals surface area contributed by atoms with E-state index in [-0.39, 0.29) is 23.3 Å². The highest BCUT2D eigenvalue weighted by atomic mass is 35.5. The summed E-state index contributed by atoms with van der Waals surface area (Å²) in [5, 5.41) is 10.3. The van der Waals surface area contributed by atoms with Crippen molar-refractivity contribution in [3.05, 3.63) is 47.1 Å². The molecule has 1 atom stereocenters. The summed E-state index contributed by atoms with van der Waals surface area (Å²) in [7, 11) is 1.76. The van der Waals surface area contributed by atoms with Crippen LogP contribution in [0.25, 0.3) is 0 Å². The van der Waals surface area contributed by atoms with Gasteiger partial charge in [0.05, 0.1) is 17.8 Å². The molecule has 10 heteroatoms. The highest BCUT2D eigenvalue weighted by molar-refractivity contribution is 6.30. The van der Waals surface area contributed by atoms with Crippen molar-refractivity contribution in [2.45, 2.75) is 25.1 Å². The third kappa shape index (κ3) is 5.57. The van der Waals surface area contributed by atoms with E-state index >= 15 is 0 Å². The Hall–Kier alpha value is -2.39. The molecule has 0 aliphatic carbocycles. The van der Waals surface area contributed by atoms with Gasteiger partial charge in [-0.1, -0.05) is 11.6 Å². The Morgan fingerprint density at radius 2 is 2.17 bits per heavy atom. The van der Waals surface area contributed by atoms with Crippen molar-refractivity contribution in [2.24, 2.45) is 0 Å². The Morgan fingerprint density at radius 3 is 2.86 bits per heavy atom. The summed E-state index contributed by atoms with van der Waals surface area (Å²) >= 11 is 5.67. The van der Waals surface area contributed by atoms with Gasteiger partial charge in [0, 0.05) is 30.4 Å². The molecule has 0 bridgehead atoms. The summed E-state index contributed by atoms with van der Waals surface area (Å²) in [6, 6.07) is 7.14. The molecule has 1 amide bonds. The first kappa shape index (κ1) is 21.3. The van der Waals surface area contributed by atoms with Crippen LogP contribution in [-0.4, -0.2) is 53.7 Å². The fourth-order valence-corrected chi connectivity index (χ4v) is 3.67. The lowest BCUT2D eigenvalue weighted by Gasteiger charge is -2.29. The largest absolute Gasteiger partial charge is 0.418 e. The van der Waals surface area contributed by atoms with Crippen LogP contribution < -0.4 is 10.2 Å². The van der Waals surface area contributed by atoms with Crippen molar-refractivity contribution in [3.8, 4) is 0 Å². The maximum atomic E-state index is 13.2. The summed E-state index contributed by atoms with van der Waals surface area (Å²) < 4.78 is 39.5. The summed E-state index contributed by atoms with van der Waals surface area (Å²) in [5.41, 5.74) is -1.27. The predicted octanol–water partition coefficient (Wildman–Crippen LogP) is 3.69. The van der Waals surface area contributed by atoms with Crippen LogP contribution in [0, 0.1) is 0 Å². The van der Waals surface area contributed by atoms with Gasteiger partial charge in [0.1, 0.15) is 0 Å². The minimum atomic E-state index is -4.61. The van der Waals surface area contributed by atoms with E-state index in [1.807, 2.05) is 12.1 Å². The number of aromatic nitrogens is 2. The van der Waals surface area contributed by atoms with Crippen LogP contribution in [0.3, 0.4) is 0 Å². The molecule has 0 saturated carbocycles. The number of amides is 1. The SMILES string of the molecule is CN(CC(=O)Nc1ccc(Cl)cc1C(F)(F)F)CC1CCCN1c1cccnn1. The number of nitrogens with zero attached hydrogens (tertiary/aromatic N) is 4. The number of carbonyl (C=O) groups excluding carboxylic acids is 1. The van der Waals surface area contributed by atoms with Crippen LogP contribution in [0.2, 0.25) is 5.02 Å². The quantitative estimate of drug-likeness (QED) is 0.762. The molecule has 156 valence electrons. The maximum absolute atomic E-state index is 13.2. The standard InChI is InChI=1S/C19H21ClF3N5O/c1-27(11-14-4-3-9-28(14)17-5-2-8-24-26-17)12-18(29)25-16-7-6-13(20)10-15(16)19(21,22)23/h2,5-8,10,14H,3-4,9,11-12H2,1H3,(H,25,29). The second-order valence-corrected chi connectivity index (χ2v) is 7.44. The zero-order chi connectivity index (χ0) is 21.0. The van der Waals surface area contributed by atoms with Crippen molar-refractivity contribution in [2.75, 3.05) is 36.9 Å². The average Bonchev–Trinajstić information content (AvgIpc) is 3.11. The molecule has 0 radical (unpaired) electrons. The van der Waals surface area contributed by atoms with Crippen LogP contribution in [0.1, 0.15) is 18.4 Å². The van der Waals surface area contributed by atoms with Gasteiger partial charge in [-0.3, -0.25) is 9.69 Å². The number of hydrogen-bond donors (Lipinski definition) is 1. The van der Waals surface area contributed by atoms with Gasteiger partial charge in [0.15, 0.2) is 5.82 Å². The summed E-state index contributed by atoms with van der Waals surface area (Å²) in [6.07, 6.45) is -1.06. The fourth-order valence-electron chi connectivity index (χ4n) is 3.49. The summed E-state index contributed by atoms with van der Waals surface area (Å²) in [6.45, 7) is 1.39. The highest BCUT2D eigenvalue weighted by Gasteiger charge is 2.34. The Bertz CT molecular complexity index is 849. The Labute approximate surface area is 171 Å². The van der Waals surface area contributed by atoms with E-state index in [9.17, 15) is 18.0 Å². The minimum Gasteiger partial charge on any atom is -0.351 e. The van der Waals surface area contributed by atoms with Crippen LogP contribution >= 0.6 is 11.6 Å². The van der Waals surface area contributed by atoms with E-state index in [1.165, 1.54) is 6.07 Å². The maximum Gasteiger partial charge on any atom is 0.418 e. The summed E-state index contributed by atoms with van der Waals surface area (Å²) in [4.78, 5) is 16.3. The number of nitrogens with one attached hydrogen (secondary N) is 1. The van der Waals surface area contributed by atoms with Gasteiger partial charge < -0.3 is 10.2 Å². The lowest BCUT2D eigenvalue weighted by molar-refractivity contribution is -0.137. The van der Waals surface area contributed by atoms with Gasteiger partial charge in [0.25, 0.3) is 0 Å². The van der Waals surface area contributed by atoms with E-state index in [0.717, 1.165) is 37.3 Å². The number of carbonyl (C=O) groups is 1. The van der Waals surface area contributed by atoms with Crippen LogP contribution in [0.5, 0.6) is 0 Å². The van der Waals surface area contributed by atoms with Crippen LogP contribution in [0.4, 0.5) is 24.7 Å². The first-order chi connectivity index (χ1) is 13.7. The van der Waals surface area contributed by atoms with E-state index < -0.39 is 17.6 Å². The molecule has 0 spiro atoms. The Morgan fingerprint density at radius 1 is 1.38 bits per heavy atom. The molecule has 6 nitrogen and oxygen atoms in total. The number of alkyl halides is 3. The van der Waals surface area contributed by atoms with E-state index in [0.29, 0.717) is 6.54 Å². The lowest BCUT2D eigenvalue weighted by Crippen LogP contribution is -2.42. The van der Waals surface area contributed by atoms with Crippen molar-refractivity contribution in [1.82, 2.24) is 15.1 Å². The normalized spacial score (nSPS) is 17.0. The predicted molar refractivity (Wildman–Crippen MR) is 105 cm³/mol. The molecule has 1 unspecified atom stereocenters. The van der Waals surface area contributed by atoms with Gasteiger partial charge >= 0.3 is 6.18 Å². The van der Waals surface area contributed by atoms with E-state index in [2.05, 4.69) is 20.4 Å². The molecule has 2 heterocycles. The zero-order valence-corrected chi connectivity index (χ0v) is 16.5. The van der Waals surface area contributed by atoms with Crippen LogP contribution in [0.15, 0.2) is 36.5 Å². The zero-order valence-electron chi connectivity index (χ0n) is 15.8. The number of rotatable bonds is 6.